The molecule has 1 aromatic heterocycles. The minimum absolute atomic E-state index is 0.624. The smallest absolute Gasteiger partial charge is 0.0912 e. The molecular formula is C8H7N3. The number of aromatic nitrogens is 1. The van der Waals surface area contributed by atoms with Crippen LogP contribution in [-0.2, 0) is 0 Å². The number of nitrogens with zero attached hydrogens (tertiary/aromatic N) is 2. The molecule has 1 aromatic rings. The number of pyridine rings is 1. The molecule has 1 heterocycles. The first kappa shape index (κ1) is 7.29. The van der Waals surface area contributed by atoms with Crippen LogP contribution >= 0.6 is 0 Å². The Morgan fingerprint density at radius 1 is 1.55 bits per heavy atom. The lowest BCUT2D eigenvalue weighted by Crippen LogP contribution is -1.86. The highest BCUT2D eigenvalue weighted by atomic mass is 14.7. The average molecular weight is 145 g/mol. The van der Waals surface area contributed by atoms with Gasteiger partial charge in [0.05, 0.1) is 23.6 Å². The summed E-state index contributed by atoms with van der Waals surface area (Å²) < 4.78 is 0. The summed E-state index contributed by atoms with van der Waals surface area (Å²) in [6.07, 6.45) is 4.55. The quantitative estimate of drug-likeness (QED) is 0.604. The molecule has 0 aliphatic carbocycles. The molecule has 0 aliphatic rings. The molecule has 0 radical (unpaired) electrons. The third-order valence-corrected chi connectivity index (χ3v) is 1.14. The van der Waals surface area contributed by atoms with E-state index in [9.17, 15) is 0 Å². The van der Waals surface area contributed by atoms with Gasteiger partial charge in [0.15, 0.2) is 0 Å². The predicted molar refractivity (Wildman–Crippen MR) is 43.3 cm³/mol. The van der Waals surface area contributed by atoms with Gasteiger partial charge in [-0.2, -0.15) is 5.26 Å². The van der Waals surface area contributed by atoms with Gasteiger partial charge in [-0.3, -0.25) is 4.98 Å². The maximum atomic E-state index is 8.19. The van der Waals surface area contributed by atoms with E-state index in [1.54, 1.807) is 24.4 Å². The molecule has 0 unspecified atom stereocenters. The highest BCUT2D eigenvalue weighted by molar-refractivity contribution is 5.49. The van der Waals surface area contributed by atoms with E-state index in [2.05, 4.69) is 4.98 Å². The number of nitrogen functional groups attached to an aromatic ring is 1. The molecule has 54 valence electrons. The van der Waals surface area contributed by atoms with Gasteiger partial charge >= 0.3 is 0 Å². The molecule has 2 N–H and O–H groups in total. The maximum Gasteiger partial charge on any atom is 0.0912 e. The SMILES string of the molecule is N#CC=Cc1ccc(N)cn1. The zero-order valence-electron chi connectivity index (χ0n) is 5.86. The molecule has 0 spiro atoms. The lowest BCUT2D eigenvalue weighted by molar-refractivity contribution is 1.30. The number of hydrogen-bond acceptors (Lipinski definition) is 3. The summed E-state index contributed by atoms with van der Waals surface area (Å²) in [5, 5.41) is 8.19. The predicted octanol–water partition coefficient (Wildman–Crippen LogP) is 1.20. The van der Waals surface area contributed by atoms with E-state index in [0.29, 0.717) is 5.69 Å². The standard InChI is InChI=1S/C8H7N3/c9-5-1-2-8-4-3-7(10)6-11-8/h1-4,6H,10H2. The topological polar surface area (TPSA) is 62.7 Å². The van der Waals surface area contributed by atoms with Crippen molar-refractivity contribution in [1.82, 2.24) is 4.98 Å². The summed E-state index contributed by atoms with van der Waals surface area (Å²) in [5.41, 5.74) is 6.76. The summed E-state index contributed by atoms with van der Waals surface area (Å²) in [6.45, 7) is 0. The first-order valence-electron chi connectivity index (χ1n) is 3.10. The van der Waals surface area contributed by atoms with Gasteiger partial charge in [0, 0.05) is 6.08 Å². The van der Waals surface area contributed by atoms with Crippen molar-refractivity contribution < 1.29 is 0 Å². The Bertz CT molecular complexity index is 292. The minimum Gasteiger partial charge on any atom is -0.397 e. The van der Waals surface area contributed by atoms with E-state index in [4.69, 9.17) is 11.0 Å². The second kappa shape index (κ2) is 3.37. The largest absolute Gasteiger partial charge is 0.397 e. The van der Waals surface area contributed by atoms with Crippen LogP contribution in [0.2, 0.25) is 0 Å². The number of allylic oxidation sites excluding steroid dienone is 1. The Kier molecular flexibility index (Phi) is 2.24. The molecule has 0 saturated carbocycles. The van der Waals surface area contributed by atoms with Crippen molar-refractivity contribution in [3.8, 4) is 6.07 Å². The van der Waals surface area contributed by atoms with Crippen molar-refractivity contribution in [3.05, 3.63) is 30.1 Å². The first-order chi connectivity index (χ1) is 5.33. The molecule has 0 saturated heterocycles. The third-order valence-electron chi connectivity index (χ3n) is 1.14. The molecule has 1 rings (SSSR count). The molecule has 3 heteroatoms. The third kappa shape index (κ3) is 2.11. The van der Waals surface area contributed by atoms with Gasteiger partial charge in [0.2, 0.25) is 0 Å². The van der Waals surface area contributed by atoms with Gasteiger partial charge < -0.3 is 5.73 Å². The first-order valence-corrected chi connectivity index (χ1v) is 3.10. The van der Waals surface area contributed by atoms with Crippen LogP contribution in [0.5, 0.6) is 0 Å². The molecule has 0 amide bonds. The second-order valence-corrected chi connectivity index (χ2v) is 1.98. The van der Waals surface area contributed by atoms with Crippen molar-refractivity contribution in [1.29, 1.82) is 5.26 Å². The van der Waals surface area contributed by atoms with Gasteiger partial charge in [-0.05, 0) is 18.2 Å². The van der Waals surface area contributed by atoms with Crippen LogP contribution in [0.3, 0.4) is 0 Å². The highest BCUT2D eigenvalue weighted by Gasteiger charge is 1.86. The van der Waals surface area contributed by atoms with Gasteiger partial charge in [0.25, 0.3) is 0 Å². The van der Waals surface area contributed by atoms with Gasteiger partial charge in [0.1, 0.15) is 0 Å². The zero-order valence-corrected chi connectivity index (χ0v) is 5.86. The Labute approximate surface area is 64.8 Å². The molecule has 0 aliphatic heterocycles. The summed E-state index contributed by atoms with van der Waals surface area (Å²) in [5.74, 6) is 0. The van der Waals surface area contributed by atoms with Crippen LogP contribution in [0.25, 0.3) is 6.08 Å². The summed E-state index contributed by atoms with van der Waals surface area (Å²) in [7, 11) is 0. The number of anilines is 1. The van der Waals surface area contributed by atoms with E-state index in [0.717, 1.165) is 5.69 Å². The van der Waals surface area contributed by atoms with Crippen LogP contribution in [0.15, 0.2) is 24.4 Å². The number of hydrogen-bond donors (Lipinski definition) is 1. The lowest BCUT2D eigenvalue weighted by Gasteiger charge is -1.91. The number of rotatable bonds is 1. The maximum absolute atomic E-state index is 8.19. The second-order valence-electron chi connectivity index (χ2n) is 1.98. The van der Waals surface area contributed by atoms with Crippen LogP contribution < -0.4 is 5.73 Å². The molecule has 0 aromatic carbocycles. The van der Waals surface area contributed by atoms with Crippen molar-refractivity contribution in [2.45, 2.75) is 0 Å². The summed E-state index contributed by atoms with van der Waals surface area (Å²) >= 11 is 0. The van der Waals surface area contributed by atoms with Crippen LogP contribution in [0.1, 0.15) is 5.69 Å². The van der Waals surface area contributed by atoms with E-state index < -0.39 is 0 Å². The van der Waals surface area contributed by atoms with Crippen molar-refractivity contribution in [2.24, 2.45) is 0 Å². The van der Waals surface area contributed by atoms with Crippen molar-refractivity contribution >= 4 is 11.8 Å². The monoisotopic (exact) mass is 145 g/mol. The molecule has 0 bridgehead atoms. The fourth-order valence-corrected chi connectivity index (χ4v) is 0.638. The molecule has 11 heavy (non-hydrogen) atoms. The van der Waals surface area contributed by atoms with Gasteiger partial charge in [-0.25, -0.2) is 0 Å². The van der Waals surface area contributed by atoms with Crippen LogP contribution in [0.4, 0.5) is 5.69 Å². The summed E-state index contributed by atoms with van der Waals surface area (Å²) in [4.78, 5) is 3.95. The number of nitrogens with two attached hydrogens (primary N) is 1. The molecule has 0 fully saturated rings. The zero-order chi connectivity index (χ0) is 8.10. The molecule has 3 nitrogen and oxygen atoms in total. The Morgan fingerprint density at radius 2 is 2.36 bits per heavy atom. The van der Waals surface area contributed by atoms with E-state index in [1.165, 1.54) is 6.08 Å². The Hall–Kier alpha value is -1.82. The molecular weight excluding hydrogens is 138 g/mol. The normalized spacial score (nSPS) is 9.73. The van der Waals surface area contributed by atoms with Crippen molar-refractivity contribution in [2.75, 3.05) is 5.73 Å². The molecule has 0 atom stereocenters. The van der Waals surface area contributed by atoms with Crippen LogP contribution in [0, 0.1) is 11.3 Å². The average Bonchev–Trinajstić information content (AvgIpc) is 2.04. The fraction of sp³-hybridized carbons (Fsp3) is 0. The highest BCUT2D eigenvalue weighted by Crippen LogP contribution is 2.01. The Balaban J connectivity index is 2.84. The minimum atomic E-state index is 0.624. The van der Waals surface area contributed by atoms with Crippen molar-refractivity contribution in [3.63, 3.8) is 0 Å². The lowest BCUT2D eigenvalue weighted by atomic mass is 10.3. The number of nitriles is 1. The Morgan fingerprint density at radius 3 is 2.91 bits per heavy atom. The van der Waals surface area contributed by atoms with E-state index in [-0.39, 0.29) is 0 Å². The van der Waals surface area contributed by atoms with E-state index in [1.807, 2.05) is 6.07 Å². The van der Waals surface area contributed by atoms with Crippen LogP contribution in [-0.4, -0.2) is 4.98 Å². The van der Waals surface area contributed by atoms with Gasteiger partial charge in [-0.15, -0.1) is 0 Å². The van der Waals surface area contributed by atoms with Gasteiger partial charge in [-0.1, -0.05) is 0 Å². The van der Waals surface area contributed by atoms with E-state index >= 15 is 0 Å². The fourth-order valence-electron chi connectivity index (χ4n) is 0.638. The summed E-state index contributed by atoms with van der Waals surface area (Å²) in [6, 6.07) is 5.37.